The number of carboxylic acids is 1. The Morgan fingerprint density at radius 2 is 1.77 bits per heavy atom. The maximum atomic E-state index is 14.3. The van der Waals surface area contributed by atoms with Crippen LogP contribution in [-0.2, 0) is 5.41 Å². The molecule has 1 aromatic carbocycles. The molecule has 136 valence electrons. The van der Waals surface area contributed by atoms with Crippen molar-refractivity contribution >= 4 is 11.9 Å². The molecule has 8 heteroatoms. The van der Waals surface area contributed by atoms with Gasteiger partial charge in [-0.05, 0) is 24.5 Å². The van der Waals surface area contributed by atoms with Crippen molar-refractivity contribution in [1.82, 2.24) is 15.3 Å². The zero-order valence-electron chi connectivity index (χ0n) is 13.8. The van der Waals surface area contributed by atoms with E-state index in [2.05, 4.69) is 15.3 Å². The molecule has 0 bridgehead atoms. The highest BCUT2D eigenvalue weighted by Crippen LogP contribution is 2.41. The van der Waals surface area contributed by atoms with Gasteiger partial charge in [-0.2, -0.15) is 0 Å². The number of hydrogen-bond acceptors (Lipinski definition) is 4. The summed E-state index contributed by atoms with van der Waals surface area (Å²) in [5.74, 6) is -3.02. The molecule has 1 amide bonds. The monoisotopic (exact) mass is 361 g/mol. The predicted octanol–water partition coefficient (Wildman–Crippen LogP) is 2.69. The lowest BCUT2D eigenvalue weighted by Crippen LogP contribution is -2.40. The molecular weight excluding hydrogens is 344 g/mol. The fourth-order valence-electron chi connectivity index (χ4n) is 3.41. The lowest BCUT2D eigenvalue weighted by atomic mass is 9.78. The number of halogens is 2. The summed E-state index contributed by atoms with van der Waals surface area (Å²) in [4.78, 5) is 30.5. The standard InChI is InChI=1S/C18H17F2N3O3/c19-11-3-4-12(13(20)7-11)18(5-1-2-6-18)10-23-16(24)14-8-22-15(9-21-14)17(25)26/h3-4,7-9H,1-2,5-6,10H2,(H,23,24)(H,25,26). The van der Waals surface area contributed by atoms with Gasteiger partial charge in [0.25, 0.3) is 5.91 Å². The number of carbonyl (C=O) groups excluding carboxylic acids is 1. The third-order valence-electron chi connectivity index (χ3n) is 4.75. The van der Waals surface area contributed by atoms with Crippen LogP contribution < -0.4 is 5.32 Å². The van der Waals surface area contributed by atoms with Gasteiger partial charge in [-0.3, -0.25) is 4.79 Å². The number of aromatic nitrogens is 2. The van der Waals surface area contributed by atoms with Crippen molar-refractivity contribution in [3.63, 3.8) is 0 Å². The maximum absolute atomic E-state index is 14.3. The molecule has 1 aliphatic rings. The number of amides is 1. The van der Waals surface area contributed by atoms with Crippen molar-refractivity contribution < 1.29 is 23.5 Å². The summed E-state index contributed by atoms with van der Waals surface area (Å²) in [5, 5.41) is 11.5. The maximum Gasteiger partial charge on any atom is 0.356 e. The van der Waals surface area contributed by atoms with Gasteiger partial charge in [0.1, 0.15) is 17.3 Å². The number of hydrogen-bond donors (Lipinski definition) is 2. The van der Waals surface area contributed by atoms with Gasteiger partial charge in [-0.15, -0.1) is 0 Å². The van der Waals surface area contributed by atoms with E-state index in [0.29, 0.717) is 18.4 Å². The van der Waals surface area contributed by atoms with Crippen LogP contribution in [0.25, 0.3) is 0 Å². The first-order valence-electron chi connectivity index (χ1n) is 8.20. The van der Waals surface area contributed by atoms with Gasteiger partial charge in [-0.1, -0.05) is 18.9 Å². The third kappa shape index (κ3) is 3.54. The fourth-order valence-corrected chi connectivity index (χ4v) is 3.41. The van der Waals surface area contributed by atoms with Crippen LogP contribution in [0.1, 0.15) is 52.2 Å². The van der Waals surface area contributed by atoms with Gasteiger partial charge in [0.05, 0.1) is 12.4 Å². The highest BCUT2D eigenvalue weighted by molar-refractivity contribution is 5.92. The summed E-state index contributed by atoms with van der Waals surface area (Å²) in [6, 6.07) is 3.51. The second-order valence-corrected chi connectivity index (χ2v) is 6.39. The van der Waals surface area contributed by atoms with E-state index in [-0.39, 0.29) is 17.9 Å². The molecule has 0 unspecified atom stereocenters. The molecule has 0 aliphatic heterocycles. The highest BCUT2D eigenvalue weighted by atomic mass is 19.1. The topological polar surface area (TPSA) is 92.2 Å². The van der Waals surface area contributed by atoms with Crippen molar-refractivity contribution in [2.75, 3.05) is 6.54 Å². The summed E-state index contributed by atoms with van der Waals surface area (Å²) in [6.07, 6.45) is 5.22. The average molecular weight is 361 g/mol. The molecule has 2 N–H and O–H groups in total. The molecule has 2 aromatic rings. The van der Waals surface area contributed by atoms with Crippen molar-refractivity contribution in [2.45, 2.75) is 31.1 Å². The Hall–Kier alpha value is -2.90. The molecule has 26 heavy (non-hydrogen) atoms. The number of carbonyl (C=O) groups is 2. The van der Waals surface area contributed by atoms with Gasteiger partial charge < -0.3 is 10.4 Å². The summed E-state index contributed by atoms with van der Waals surface area (Å²) < 4.78 is 27.5. The molecule has 1 saturated carbocycles. The van der Waals surface area contributed by atoms with E-state index in [0.717, 1.165) is 31.3 Å². The summed E-state index contributed by atoms with van der Waals surface area (Å²) in [7, 11) is 0. The first-order valence-corrected chi connectivity index (χ1v) is 8.20. The van der Waals surface area contributed by atoms with Crippen LogP contribution in [0, 0.1) is 11.6 Å². The Kier molecular flexibility index (Phi) is 4.92. The third-order valence-corrected chi connectivity index (χ3v) is 4.75. The minimum Gasteiger partial charge on any atom is -0.476 e. The molecule has 0 atom stereocenters. The molecule has 0 saturated heterocycles. The molecule has 1 aliphatic carbocycles. The number of benzene rings is 1. The molecule has 1 heterocycles. The number of carboxylic acid groups (broad SMARTS) is 1. The number of aromatic carboxylic acids is 1. The Labute approximate surface area is 148 Å². The molecule has 1 aromatic heterocycles. The van der Waals surface area contributed by atoms with E-state index in [1.165, 1.54) is 12.1 Å². The van der Waals surface area contributed by atoms with Gasteiger partial charge in [0.15, 0.2) is 5.69 Å². The number of rotatable bonds is 5. The summed E-state index contributed by atoms with van der Waals surface area (Å²) in [5.41, 5.74) is -0.490. The van der Waals surface area contributed by atoms with Crippen LogP contribution >= 0.6 is 0 Å². The smallest absolute Gasteiger partial charge is 0.356 e. The minimum atomic E-state index is -1.24. The van der Waals surface area contributed by atoms with E-state index in [1.54, 1.807) is 0 Å². The van der Waals surface area contributed by atoms with E-state index < -0.39 is 28.9 Å². The molecular formula is C18H17F2N3O3. The molecule has 3 rings (SSSR count). The van der Waals surface area contributed by atoms with Crippen molar-refractivity contribution in [2.24, 2.45) is 0 Å². The van der Waals surface area contributed by atoms with Crippen molar-refractivity contribution in [1.29, 1.82) is 0 Å². The highest BCUT2D eigenvalue weighted by Gasteiger charge is 2.38. The van der Waals surface area contributed by atoms with Crippen LogP contribution in [0.3, 0.4) is 0 Å². The van der Waals surface area contributed by atoms with E-state index in [1.807, 2.05) is 0 Å². The van der Waals surface area contributed by atoms with Crippen LogP contribution in [0.2, 0.25) is 0 Å². The number of nitrogens with zero attached hydrogens (tertiary/aromatic N) is 2. The second kappa shape index (κ2) is 7.15. The Bertz CT molecular complexity index is 834. The zero-order chi connectivity index (χ0) is 18.7. The Morgan fingerprint density at radius 1 is 1.12 bits per heavy atom. The minimum absolute atomic E-state index is 0.0253. The quantitative estimate of drug-likeness (QED) is 0.854. The van der Waals surface area contributed by atoms with Crippen LogP contribution in [-0.4, -0.2) is 33.5 Å². The first kappa shape index (κ1) is 17.9. The van der Waals surface area contributed by atoms with Crippen molar-refractivity contribution in [3.05, 3.63) is 59.2 Å². The van der Waals surface area contributed by atoms with Crippen LogP contribution in [0.15, 0.2) is 30.6 Å². The van der Waals surface area contributed by atoms with E-state index in [9.17, 15) is 18.4 Å². The lowest BCUT2D eigenvalue weighted by Gasteiger charge is -2.30. The first-order chi connectivity index (χ1) is 12.4. The summed E-state index contributed by atoms with van der Waals surface area (Å²) >= 11 is 0. The predicted molar refractivity (Wildman–Crippen MR) is 87.8 cm³/mol. The van der Waals surface area contributed by atoms with E-state index in [4.69, 9.17) is 5.11 Å². The van der Waals surface area contributed by atoms with Gasteiger partial charge >= 0.3 is 5.97 Å². The molecule has 0 radical (unpaired) electrons. The lowest BCUT2D eigenvalue weighted by molar-refractivity contribution is 0.0689. The van der Waals surface area contributed by atoms with Crippen LogP contribution in [0.5, 0.6) is 0 Å². The molecule has 6 nitrogen and oxygen atoms in total. The van der Waals surface area contributed by atoms with Gasteiger partial charge in [0.2, 0.25) is 0 Å². The number of nitrogens with one attached hydrogen (secondary N) is 1. The normalized spacial score (nSPS) is 15.6. The Morgan fingerprint density at radius 3 is 2.35 bits per heavy atom. The zero-order valence-corrected chi connectivity index (χ0v) is 13.8. The summed E-state index contributed by atoms with van der Waals surface area (Å²) in [6.45, 7) is 0.177. The van der Waals surface area contributed by atoms with Gasteiger partial charge in [-0.25, -0.2) is 23.5 Å². The fraction of sp³-hybridized carbons (Fsp3) is 0.333. The average Bonchev–Trinajstić information content (AvgIpc) is 3.09. The molecule has 0 spiro atoms. The van der Waals surface area contributed by atoms with Crippen LogP contribution in [0.4, 0.5) is 8.78 Å². The van der Waals surface area contributed by atoms with Gasteiger partial charge in [0, 0.05) is 18.0 Å². The largest absolute Gasteiger partial charge is 0.476 e. The van der Waals surface area contributed by atoms with E-state index >= 15 is 0 Å². The molecule has 1 fully saturated rings. The van der Waals surface area contributed by atoms with Crippen molar-refractivity contribution in [3.8, 4) is 0 Å². The SMILES string of the molecule is O=C(O)c1cnc(C(=O)NCC2(c3ccc(F)cc3F)CCCC2)cn1. The second-order valence-electron chi connectivity index (χ2n) is 6.39. The Balaban J connectivity index is 1.76.